The molecule has 0 aliphatic heterocycles. The van der Waals surface area contributed by atoms with Gasteiger partial charge in [-0.15, -0.1) is 6.58 Å². The Balaban J connectivity index is 3.63. The smallest absolute Gasteiger partial charge is 0.408 e. The molecule has 0 aromatic heterocycles. The second-order valence-electron chi connectivity index (χ2n) is 4.51. The molecule has 0 atom stereocenters. The summed E-state index contributed by atoms with van der Waals surface area (Å²) in [6.07, 6.45) is 2.67. The molecule has 0 aromatic carbocycles. The quantitative estimate of drug-likeness (QED) is 0.440. The lowest BCUT2D eigenvalue weighted by Crippen LogP contribution is -2.36. The third-order valence-electron chi connectivity index (χ3n) is 1.59. The van der Waals surface area contributed by atoms with Crippen molar-refractivity contribution in [3.05, 3.63) is 12.7 Å². The predicted octanol–water partition coefficient (Wildman–Crippen LogP) is 2.02. The minimum absolute atomic E-state index is 0.178. The molecule has 0 unspecified atom stereocenters. The average molecular weight is 243 g/mol. The van der Waals surface area contributed by atoms with Gasteiger partial charge in [0, 0.05) is 0 Å². The van der Waals surface area contributed by atoms with Gasteiger partial charge in [0.15, 0.2) is 0 Å². The summed E-state index contributed by atoms with van der Waals surface area (Å²) in [5.74, 6) is -0.472. The highest BCUT2D eigenvalue weighted by atomic mass is 16.6. The number of hydrogen-bond acceptors (Lipinski definition) is 4. The maximum atomic E-state index is 11.2. The molecule has 0 saturated carbocycles. The fraction of sp³-hybridized carbons (Fsp3) is 0.667. The van der Waals surface area contributed by atoms with Gasteiger partial charge in [-0.05, 0) is 33.6 Å². The molecule has 0 aromatic rings. The minimum atomic E-state index is -0.624. The summed E-state index contributed by atoms with van der Waals surface area (Å²) in [4.78, 5) is 22.3. The molecular weight excluding hydrogens is 222 g/mol. The Morgan fingerprint density at radius 1 is 1.35 bits per heavy atom. The number of hydrogen-bond donors (Lipinski definition) is 1. The van der Waals surface area contributed by atoms with Crippen molar-refractivity contribution in [2.45, 2.75) is 39.2 Å². The third-order valence-corrected chi connectivity index (χ3v) is 1.59. The van der Waals surface area contributed by atoms with Gasteiger partial charge in [0.2, 0.25) is 0 Å². The van der Waals surface area contributed by atoms with E-state index in [1.54, 1.807) is 26.8 Å². The molecule has 0 aliphatic rings. The van der Waals surface area contributed by atoms with Crippen LogP contribution in [-0.4, -0.2) is 30.8 Å². The van der Waals surface area contributed by atoms with Crippen molar-refractivity contribution >= 4 is 12.1 Å². The highest BCUT2D eigenvalue weighted by Crippen LogP contribution is 2.06. The van der Waals surface area contributed by atoms with Gasteiger partial charge in [0.25, 0.3) is 0 Å². The zero-order chi connectivity index (χ0) is 13.3. The molecule has 0 radical (unpaired) electrons. The molecule has 0 heterocycles. The summed E-state index contributed by atoms with van der Waals surface area (Å²) in [5.41, 5.74) is -0.571. The maximum absolute atomic E-state index is 11.2. The van der Waals surface area contributed by atoms with Crippen LogP contribution in [0.4, 0.5) is 4.79 Å². The summed E-state index contributed by atoms with van der Waals surface area (Å²) in [5, 5.41) is 2.32. The minimum Gasteiger partial charge on any atom is -0.464 e. The van der Waals surface area contributed by atoms with E-state index in [9.17, 15) is 9.59 Å². The van der Waals surface area contributed by atoms with E-state index < -0.39 is 17.7 Å². The molecule has 5 heteroatoms. The molecular formula is C12H21NO4. The highest BCUT2D eigenvalue weighted by Gasteiger charge is 2.16. The lowest BCUT2D eigenvalue weighted by molar-refractivity contribution is -0.142. The van der Waals surface area contributed by atoms with E-state index in [0.29, 0.717) is 6.61 Å². The number of amides is 1. The van der Waals surface area contributed by atoms with Crippen molar-refractivity contribution in [2.24, 2.45) is 0 Å². The number of carbonyl (C=O) groups is 2. The largest absolute Gasteiger partial charge is 0.464 e. The summed E-state index contributed by atoms with van der Waals surface area (Å²) >= 11 is 0. The van der Waals surface area contributed by atoms with E-state index in [0.717, 1.165) is 12.8 Å². The van der Waals surface area contributed by atoms with E-state index >= 15 is 0 Å². The first-order valence-corrected chi connectivity index (χ1v) is 5.58. The van der Waals surface area contributed by atoms with Gasteiger partial charge < -0.3 is 14.8 Å². The van der Waals surface area contributed by atoms with Crippen LogP contribution in [0.2, 0.25) is 0 Å². The van der Waals surface area contributed by atoms with Gasteiger partial charge in [-0.1, -0.05) is 6.08 Å². The molecule has 98 valence electrons. The average Bonchev–Trinajstić information content (AvgIpc) is 2.19. The molecule has 0 bridgehead atoms. The predicted molar refractivity (Wildman–Crippen MR) is 64.6 cm³/mol. The number of rotatable bonds is 6. The second-order valence-corrected chi connectivity index (χ2v) is 4.51. The first-order chi connectivity index (χ1) is 7.85. The SMILES string of the molecule is C=CCCCOC(=O)CNC(=O)OC(C)(C)C. The monoisotopic (exact) mass is 243 g/mol. The van der Waals surface area contributed by atoms with Gasteiger partial charge in [0.05, 0.1) is 6.61 Å². The fourth-order valence-electron chi connectivity index (χ4n) is 0.923. The van der Waals surface area contributed by atoms with Gasteiger partial charge >= 0.3 is 12.1 Å². The van der Waals surface area contributed by atoms with Gasteiger partial charge in [0.1, 0.15) is 12.1 Å². The molecule has 0 fully saturated rings. The van der Waals surface area contributed by atoms with Crippen molar-refractivity contribution in [3.8, 4) is 0 Å². The Morgan fingerprint density at radius 2 is 2.00 bits per heavy atom. The summed E-state index contributed by atoms with van der Waals surface area (Å²) in [7, 11) is 0. The third kappa shape index (κ3) is 10.8. The van der Waals surface area contributed by atoms with Crippen LogP contribution < -0.4 is 5.32 Å². The molecule has 17 heavy (non-hydrogen) atoms. The Hall–Kier alpha value is -1.52. The Labute approximate surface area is 102 Å². The molecule has 0 saturated heterocycles. The molecule has 1 N–H and O–H groups in total. The van der Waals surface area contributed by atoms with Crippen LogP contribution >= 0.6 is 0 Å². The Bertz CT molecular complexity index is 268. The van der Waals surface area contributed by atoms with Crippen molar-refractivity contribution < 1.29 is 19.1 Å². The van der Waals surface area contributed by atoms with Crippen molar-refractivity contribution in [2.75, 3.05) is 13.2 Å². The first-order valence-electron chi connectivity index (χ1n) is 5.58. The molecule has 0 aliphatic carbocycles. The van der Waals surface area contributed by atoms with Crippen LogP contribution in [-0.2, 0) is 14.3 Å². The summed E-state index contributed by atoms with van der Waals surface area (Å²) in [6, 6.07) is 0. The topological polar surface area (TPSA) is 64.6 Å². The van der Waals surface area contributed by atoms with Crippen LogP contribution in [0.25, 0.3) is 0 Å². The number of alkyl carbamates (subject to hydrolysis) is 1. The number of esters is 1. The lowest BCUT2D eigenvalue weighted by Gasteiger charge is -2.19. The number of allylic oxidation sites excluding steroid dienone is 1. The molecule has 1 amide bonds. The molecule has 0 rings (SSSR count). The fourth-order valence-corrected chi connectivity index (χ4v) is 0.923. The van der Waals surface area contributed by atoms with E-state index in [4.69, 9.17) is 9.47 Å². The van der Waals surface area contributed by atoms with Crippen LogP contribution in [0.3, 0.4) is 0 Å². The maximum Gasteiger partial charge on any atom is 0.408 e. The number of carbonyl (C=O) groups excluding carboxylic acids is 2. The normalized spacial score (nSPS) is 10.5. The van der Waals surface area contributed by atoms with Gasteiger partial charge in [-0.3, -0.25) is 4.79 Å². The van der Waals surface area contributed by atoms with E-state index in [1.807, 2.05) is 0 Å². The van der Waals surface area contributed by atoms with Crippen molar-refractivity contribution in [1.29, 1.82) is 0 Å². The van der Waals surface area contributed by atoms with E-state index in [-0.39, 0.29) is 6.54 Å². The summed E-state index contributed by atoms with van der Waals surface area (Å²) < 4.78 is 9.83. The number of nitrogens with one attached hydrogen (secondary N) is 1. The van der Waals surface area contributed by atoms with Crippen molar-refractivity contribution in [1.82, 2.24) is 5.32 Å². The lowest BCUT2D eigenvalue weighted by atomic mass is 10.2. The first kappa shape index (κ1) is 15.5. The van der Waals surface area contributed by atoms with Crippen LogP contribution in [0.5, 0.6) is 0 Å². The number of ether oxygens (including phenoxy) is 2. The van der Waals surface area contributed by atoms with Crippen molar-refractivity contribution in [3.63, 3.8) is 0 Å². The standard InChI is InChI=1S/C12H21NO4/c1-5-6-7-8-16-10(14)9-13-11(15)17-12(2,3)4/h5H,1,6-9H2,2-4H3,(H,13,15). The van der Waals surface area contributed by atoms with E-state index in [1.165, 1.54) is 0 Å². The Kier molecular flexibility index (Phi) is 7.02. The molecule has 5 nitrogen and oxygen atoms in total. The van der Waals surface area contributed by atoms with Crippen LogP contribution in [0.15, 0.2) is 12.7 Å². The van der Waals surface area contributed by atoms with Gasteiger partial charge in [-0.2, -0.15) is 0 Å². The van der Waals surface area contributed by atoms with Crippen LogP contribution in [0, 0.1) is 0 Å². The van der Waals surface area contributed by atoms with Gasteiger partial charge in [-0.25, -0.2) is 4.79 Å². The Morgan fingerprint density at radius 3 is 2.53 bits per heavy atom. The van der Waals surface area contributed by atoms with Crippen LogP contribution in [0.1, 0.15) is 33.6 Å². The highest BCUT2D eigenvalue weighted by molar-refractivity contribution is 5.77. The summed E-state index contributed by atoms with van der Waals surface area (Å²) in [6.45, 7) is 8.96. The van der Waals surface area contributed by atoms with E-state index in [2.05, 4.69) is 11.9 Å². The number of unbranched alkanes of at least 4 members (excludes halogenated alkanes) is 1. The zero-order valence-electron chi connectivity index (χ0n) is 10.7. The second kappa shape index (κ2) is 7.70. The molecule has 0 spiro atoms. The zero-order valence-corrected chi connectivity index (χ0v) is 10.7.